The Labute approximate surface area is 88.8 Å². The van der Waals surface area contributed by atoms with Crippen LogP contribution in [0.15, 0.2) is 24.3 Å². The number of methoxy groups -OCH3 is 1. The molecule has 0 saturated carbocycles. The van der Waals surface area contributed by atoms with E-state index in [4.69, 9.17) is 9.47 Å². The maximum atomic E-state index is 9.54. The standard InChI is InChI=1S/C11H15NO3/c1-14-8-2-4-9(5-3-8)15-11-7-12-6-10(11)13/h2-5,10-13H,6-7H2,1H3/t10-,11-/m0/s1. The average molecular weight is 209 g/mol. The lowest BCUT2D eigenvalue weighted by Gasteiger charge is -2.16. The summed E-state index contributed by atoms with van der Waals surface area (Å²) in [7, 11) is 1.63. The molecule has 4 heteroatoms. The van der Waals surface area contributed by atoms with Crippen LogP contribution < -0.4 is 14.8 Å². The topological polar surface area (TPSA) is 50.7 Å². The van der Waals surface area contributed by atoms with Gasteiger partial charge in [-0.1, -0.05) is 0 Å². The van der Waals surface area contributed by atoms with Gasteiger partial charge in [-0.25, -0.2) is 0 Å². The fourth-order valence-electron chi connectivity index (χ4n) is 1.59. The Bertz CT molecular complexity index is 312. The molecule has 0 unspecified atom stereocenters. The van der Waals surface area contributed by atoms with Crippen LogP contribution in [0.5, 0.6) is 11.5 Å². The van der Waals surface area contributed by atoms with Crippen LogP contribution in [-0.4, -0.2) is 37.5 Å². The smallest absolute Gasteiger partial charge is 0.138 e. The molecule has 0 aromatic heterocycles. The van der Waals surface area contributed by atoms with E-state index in [0.717, 1.165) is 11.5 Å². The molecule has 0 aliphatic carbocycles. The van der Waals surface area contributed by atoms with E-state index in [1.165, 1.54) is 0 Å². The number of aliphatic hydroxyl groups is 1. The van der Waals surface area contributed by atoms with E-state index in [-0.39, 0.29) is 6.10 Å². The first kappa shape index (κ1) is 10.3. The molecule has 2 N–H and O–H groups in total. The predicted octanol–water partition coefficient (Wildman–Crippen LogP) is 0.407. The van der Waals surface area contributed by atoms with E-state index < -0.39 is 6.10 Å². The number of aliphatic hydroxyl groups excluding tert-OH is 1. The molecular formula is C11H15NO3. The molecule has 15 heavy (non-hydrogen) atoms. The molecule has 0 amide bonds. The molecule has 1 aromatic carbocycles. The second-order valence-electron chi connectivity index (χ2n) is 3.56. The Hall–Kier alpha value is -1.26. The van der Waals surface area contributed by atoms with Crippen LogP contribution in [0.3, 0.4) is 0 Å². The Morgan fingerprint density at radius 1 is 1.20 bits per heavy atom. The van der Waals surface area contributed by atoms with Crippen LogP contribution in [0.1, 0.15) is 0 Å². The molecule has 0 bridgehead atoms. The average Bonchev–Trinajstić information content (AvgIpc) is 2.66. The third kappa shape index (κ3) is 2.40. The third-order valence-electron chi connectivity index (χ3n) is 2.48. The van der Waals surface area contributed by atoms with E-state index in [2.05, 4.69) is 5.32 Å². The molecule has 2 atom stereocenters. The van der Waals surface area contributed by atoms with Crippen molar-refractivity contribution in [3.63, 3.8) is 0 Å². The predicted molar refractivity (Wildman–Crippen MR) is 56.3 cm³/mol. The summed E-state index contributed by atoms with van der Waals surface area (Å²) in [5, 5.41) is 12.6. The number of rotatable bonds is 3. The second kappa shape index (κ2) is 4.51. The van der Waals surface area contributed by atoms with Gasteiger partial charge >= 0.3 is 0 Å². The first-order valence-corrected chi connectivity index (χ1v) is 4.99. The molecule has 1 aromatic rings. The normalized spacial score (nSPS) is 25.2. The summed E-state index contributed by atoms with van der Waals surface area (Å²) in [6.45, 7) is 1.29. The molecular weight excluding hydrogens is 194 g/mol. The summed E-state index contributed by atoms with van der Waals surface area (Å²) in [6, 6.07) is 7.35. The fourth-order valence-corrected chi connectivity index (χ4v) is 1.59. The van der Waals surface area contributed by atoms with Crippen molar-refractivity contribution in [3.8, 4) is 11.5 Å². The van der Waals surface area contributed by atoms with Crippen molar-refractivity contribution in [2.24, 2.45) is 0 Å². The van der Waals surface area contributed by atoms with Gasteiger partial charge in [0.25, 0.3) is 0 Å². The summed E-state index contributed by atoms with van der Waals surface area (Å²) in [4.78, 5) is 0. The van der Waals surface area contributed by atoms with Gasteiger partial charge in [-0.05, 0) is 24.3 Å². The molecule has 1 aliphatic heterocycles. The summed E-state index contributed by atoms with van der Waals surface area (Å²) in [5.74, 6) is 1.55. The zero-order valence-corrected chi connectivity index (χ0v) is 8.64. The SMILES string of the molecule is COc1ccc(O[C@H]2CNC[C@@H]2O)cc1. The summed E-state index contributed by atoms with van der Waals surface area (Å²) >= 11 is 0. The molecule has 4 nitrogen and oxygen atoms in total. The first-order chi connectivity index (χ1) is 7.29. The second-order valence-corrected chi connectivity index (χ2v) is 3.56. The van der Waals surface area contributed by atoms with Gasteiger partial charge in [-0.15, -0.1) is 0 Å². The molecule has 0 radical (unpaired) electrons. The van der Waals surface area contributed by atoms with Crippen molar-refractivity contribution >= 4 is 0 Å². The van der Waals surface area contributed by atoms with Gasteiger partial charge in [-0.3, -0.25) is 0 Å². The number of hydrogen-bond donors (Lipinski definition) is 2. The number of β-amino-alcohol motifs (C(OH)–C–C–N with tert-alkyl or cyclic N) is 1. The summed E-state index contributed by atoms with van der Waals surface area (Å²) < 4.78 is 10.7. The molecule has 1 heterocycles. The van der Waals surface area contributed by atoms with Crippen molar-refractivity contribution in [2.75, 3.05) is 20.2 Å². The maximum absolute atomic E-state index is 9.54. The van der Waals surface area contributed by atoms with Crippen molar-refractivity contribution < 1.29 is 14.6 Å². The van der Waals surface area contributed by atoms with Gasteiger partial charge in [0.15, 0.2) is 0 Å². The number of hydrogen-bond acceptors (Lipinski definition) is 4. The summed E-state index contributed by atoms with van der Waals surface area (Å²) in [6.07, 6.45) is -0.578. The molecule has 1 fully saturated rings. The van der Waals surface area contributed by atoms with Crippen molar-refractivity contribution in [1.29, 1.82) is 0 Å². The van der Waals surface area contributed by atoms with Crippen LogP contribution in [-0.2, 0) is 0 Å². The Kier molecular flexibility index (Phi) is 3.08. The number of benzene rings is 1. The fraction of sp³-hybridized carbons (Fsp3) is 0.455. The number of nitrogens with one attached hydrogen (secondary N) is 1. The van der Waals surface area contributed by atoms with Gasteiger partial charge in [0, 0.05) is 13.1 Å². The van der Waals surface area contributed by atoms with Crippen molar-refractivity contribution in [1.82, 2.24) is 5.32 Å². The highest BCUT2D eigenvalue weighted by Gasteiger charge is 2.26. The largest absolute Gasteiger partial charge is 0.497 e. The van der Waals surface area contributed by atoms with E-state index >= 15 is 0 Å². The maximum Gasteiger partial charge on any atom is 0.138 e. The first-order valence-electron chi connectivity index (χ1n) is 4.99. The van der Waals surface area contributed by atoms with Gasteiger partial charge in [0.05, 0.1) is 7.11 Å². The molecule has 1 saturated heterocycles. The van der Waals surface area contributed by atoms with E-state index in [1.54, 1.807) is 7.11 Å². The molecule has 1 aliphatic rings. The number of ether oxygens (including phenoxy) is 2. The van der Waals surface area contributed by atoms with Gasteiger partial charge < -0.3 is 19.9 Å². The minimum absolute atomic E-state index is 0.154. The quantitative estimate of drug-likeness (QED) is 0.757. The summed E-state index contributed by atoms with van der Waals surface area (Å²) in [5.41, 5.74) is 0. The molecule has 82 valence electrons. The van der Waals surface area contributed by atoms with Gasteiger partial charge in [0.1, 0.15) is 23.7 Å². The van der Waals surface area contributed by atoms with Crippen LogP contribution in [0.25, 0.3) is 0 Å². The highest BCUT2D eigenvalue weighted by molar-refractivity contribution is 5.31. The molecule has 0 spiro atoms. The minimum Gasteiger partial charge on any atom is -0.497 e. The Morgan fingerprint density at radius 2 is 1.87 bits per heavy atom. The van der Waals surface area contributed by atoms with Crippen molar-refractivity contribution in [2.45, 2.75) is 12.2 Å². The highest BCUT2D eigenvalue weighted by Crippen LogP contribution is 2.19. The Morgan fingerprint density at radius 3 is 2.40 bits per heavy atom. The van der Waals surface area contributed by atoms with Crippen LogP contribution in [0.2, 0.25) is 0 Å². The van der Waals surface area contributed by atoms with E-state index in [1.807, 2.05) is 24.3 Å². The highest BCUT2D eigenvalue weighted by atomic mass is 16.5. The van der Waals surface area contributed by atoms with E-state index in [9.17, 15) is 5.11 Å². The lowest BCUT2D eigenvalue weighted by atomic mass is 10.2. The zero-order chi connectivity index (χ0) is 10.7. The minimum atomic E-state index is -0.424. The van der Waals surface area contributed by atoms with Crippen LogP contribution in [0.4, 0.5) is 0 Å². The zero-order valence-electron chi connectivity index (χ0n) is 8.64. The Balaban J connectivity index is 1.98. The van der Waals surface area contributed by atoms with Gasteiger partial charge in [0.2, 0.25) is 0 Å². The monoisotopic (exact) mass is 209 g/mol. The van der Waals surface area contributed by atoms with Crippen LogP contribution >= 0.6 is 0 Å². The van der Waals surface area contributed by atoms with E-state index in [0.29, 0.717) is 13.1 Å². The lowest BCUT2D eigenvalue weighted by molar-refractivity contribution is 0.0737. The van der Waals surface area contributed by atoms with Crippen molar-refractivity contribution in [3.05, 3.63) is 24.3 Å². The van der Waals surface area contributed by atoms with Gasteiger partial charge in [-0.2, -0.15) is 0 Å². The lowest BCUT2D eigenvalue weighted by Crippen LogP contribution is -2.29. The third-order valence-corrected chi connectivity index (χ3v) is 2.48. The molecule has 2 rings (SSSR count). The van der Waals surface area contributed by atoms with Crippen LogP contribution in [0, 0.1) is 0 Å².